The molecular formula is C31H49N7O2. The van der Waals surface area contributed by atoms with Crippen molar-refractivity contribution in [3.05, 3.63) is 59.1 Å². The number of hydrogen-bond acceptors (Lipinski definition) is 8. The van der Waals surface area contributed by atoms with Crippen LogP contribution in [0.4, 0.5) is 0 Å². The molecule has 3 rings (SSSR count). The van der Waals surface area contributed by atoms with E-state index in [0.29, 0.717) is 23.9 Å². The van der Waals surface area contributed by atoms with E-state index in [2.05, 4.69) is 42.1 Å². The normalized spacial score (nSPS) is 21.4. The van der Waals surface area contributed by atoms with Crippen molar-refractivity contribution in [3.8, 4) is 0 Å². The number of ether oxygens (including phenoxy) is 1. The van der Waals surface area contributed by atoms with E-state index < -0.39 is 6.23 Å². The average Bonchev–Trinajstić information content (AvgIpc) is 2.92. The highest BCUT2D eigenvalue weighted by Gasteiger charge is 2.37. The van der Waals surface area contributed by atoms with Crippen molar-refractivity contribution in [2.45, 2.75) is 59.0 Å². The van der Waals surface area contributed by atoms with Crippen LogP contribution in [-0.4, -0.2) is 104 Å². The van der Waals surface area contributed by atoms with E-state index in [1.54, 1.807) is 0 Å². The van der Waals surface area contributed by atoms with Gasteiger partial charge in [-0.2, -0.15) is 0 Å². The summed E-state index contributed by atoms with van der Waals surface area (Å²) >= 11 is 0. The predicted octanol–water partition coefficient (Wildman–Crippen LogP) is 3.81. The molecule has 2 aliphatic rings. The SMILES string of the molecule is CNC(OC(=N)c1ccccc1)C1=C(C)N=CC(C2=CN(C)C(C(=O)N(C)CCCC(C)C(C)C)N(C)C2)N1C. The molecular weight excluding hydrogens is 502 g/mol. The summed E-state index contributed by atoms with van der Waals surface area (Å²) in [6, 6.07) is 9.32. The first-order valence-electron chi connectivity index (χ1n) is 14.3. The van der Waals surface area contributed by atoms with Gasteiger partial charge in [0, 0.05) is 52.2 Å². The monoisotopic (exact) mass is 551 g/mol. The zero-order chi connectivity index (χ0) is 29.6. The summed E-state index contributed by atoms with van der Waals surface area (Å²) in [5, 5.41) is 11.7. The van der Waals surface area contributed by atoms with Gasteiger partial charge < -0.3 is 19.4 Å². The molecule has 0 fully saturated rings. The second-order valence-electron chi connectivity index (χ2n) is 11.6. The van der Waals surface area contributed by atoms with Gasteiger partial charge >= 0.3 is 0 Å². The maximum Gasteiger partial charge on any atom is 0.260 e. The molecule has 0 spiro atoms. The predicted molar refractivity (Wildman–Crippen MR) is 163 cm³/mol. The lowest BCUT2D eigenvalue weighted by Crippen LogP contribution is -2.57. The van der Waals surface area contributed by atoms with Crippen molar-refractivity contribution in [3.63, 3.8) is 0 Å². The molecule has 2 N–H and O–H groups in total. The minimum absolute atomic E-state index is 0.0974. The Morgan fingerprint density at radius 3 is 2.48 bits per heavy atom. The maximum absolute atomic E-state index is 13.4. The Balaban J connectivity index is 1.71. The van der Waals surface area contributed by atoms with Gasteiger partial charge in [0.2, 0.25) is 5.90 Å². The molecule has 2 heterocycles. The van der Waals surface area contributed by atoms with Gasteiger partial charge in [0.25, 0.3) is 5.91 Å². The number of allylic oxidation sites excluding steroid dienone is 1. The van der Waals surface area contributed by atoms with Crippen LogP contribution in [0.2, 0.25) is 0 Å². The first-order chi connectivity index (χ1) is 19.0. The summed E-state index contributed by atoms with van der Waals surface area (Å²) < 4.78 is 6.09. The lowest BCUT2D eigenvalue weighted by atomic mass is 9.93. The summed E-state index contributed by atoms with van der Waals surface area (Å²) in [4.78, 5) is 26.3. The molecule has 9 heteroatoms. The molecule has 4 unspecified atom stereocenters. The highest BCUT2D eigenvalue weighted by atomic mass is 16.5. The van der Waals surface area contributed by atoms with Crippen LogP contribution in [0.15, 0.2) is 58.5 Å². The summed E-state index contributed by atoms with van der Waals surface area (Å²) in [5.74, 6) is 1.53. The number of nitrogens with one attached hydrogen (secondary N) is 2. The van der Waals surface area contributed by atoms with Gasteiger partial charge in [-0.25, -0.2) is 0 Å². The van der Waals surface area contributed by atoms with Gasteiger partial charge in [-0.3, -0.25) is 25.4 Å². The zero-order valence-corrected chi connectivity index (χ0v) is 25.8. The van der Waals surface area contributed by atoms with E-state index in [9.17, 15) is 4.79 Å². The van der Waals surface area contributed by atoms with E-state index in [1.165, 1.54) is 0 Å². The molecule has 40 heavy (non-hydrogen) atoms. The van der Waals surface area contributed by atoms with Gasteiger partial charge in [0.1, 0.15) is 0 Å². The highest BCUT2D eigenvalue weighted by molar-refractivity contribution is 5.91. The van der Waals surface area contributed by atoms with Crippen LogP contribution in [0.3, 0.4) is 0 Å². The van der Waals surface area contributed by atoms with Crippen LogP contribution < -0.4 is 5.32 Å². The molecule has 0 bridgehead atoms. The Morgan fingerprint density at radius 2 is 1.88 bits per heavy atom. The standard InChI is InChI=1S/C31H49N7O2/c1-21(2)22(3)14-13-17-35(6)31(39)30-36(7)19-25(20-37(30)8)26-18-34-23(4)27(38(26)9)29(33-5)40-28(32)24-15-11-10-12-16-24/h10-12,15-16,18-19,21-22,26,29-30,32-33H,13-14,17,20H2,1-9H3. The number of carbonyl (C=O) groups excluding carboxylic acids is 1. The quantitative estimate of drug-likeness (QED) is 0.247. The van der Waals surface area contributed by atoms with Crippen LogP contribution in [0.25, 0.3) is 0 Å². The topological polar surface area (TPSA) is 87.5 Å². The molecule has 0 radical (unpaired) electrons. The zero-order valence-electron chi connectivity index (χ0n) is 25.8. The van der Waals surface area contributed by atoms with Crippen molar-refractivity contribution >= 4 is 18.0 Å². The highest BCUT2D eigenvalue weighted by Crippen LogP contribution is 2.28. The van der Waals surface area contributed by atoms with Crippen LogP contribution in [0, 0.1) is 17.2 Å². The largest absolute Gasteiger partial charge is 0.453 e. The molecule has 0 aromatic heterocycles. The number of nitrogens with zero attached hydrogens (tertiary/aromatic N) is 5. The number of aliphatic imine (C=N–C) groups is 1. The number of carbonyl (C=O) groups is 1. The Bertz CT molecular complexity index is 1110. The smallest absolute Gasteiger partial charge is 0.260 e. The van der Waals surface area contributed by atoms with Crippen molar-refractivity contribution in [2.24, 2.45) is 16.8 Å². The second-order valence-corrected chi connectivity index (χ2v) is 11.6. The number of rotatable bonds is 11. The van der Waals surface area contributed by atoms with Gasteiger partial charge in [-0.15, -0.1) is 0 Å². The third-order valence-corrected chi connectivity index (χ3v) is 8.23. The third kappa shape index (κ3) is 7.31. The van der Waals surface area contributed by atoms with E-state index in [-0.39, 0.29) is 24.0 Å². The first kappa shape index (κ1) is 31.4. The van der Waals surface area contributed by atoms with Crippen molar-refractivity contribution in [1.82, 2.24) is 24.9 Å². The molecule has 1 aromatic carbocycles. The minimum Gasteiger partial charge on any atom is -0.453 e. The molecule has 220 valence electrons. The summed E-state index contributed by atoms with van der Waals surface area (Å²) in [7, 11) is 9.73. The maximum atomic E-state index is 13.4. The minimum atomic E-state index is -0.543. The Kier molecular flexibility index (Phi) is 10.9. The first-order valence-corrected chi connectivity index (χ1v) is 14.3. The van der Waals surface area contributed by atoms with Crippen molar-refractivity contribution in [1.29, 1.82) is 5.41 Å². The molecule has 0 aliphatic carbocycles. The van der Waals surface area contributed by atoms with Crippen LogP contribution in [-0.2, 0) is 9.53 Å². The summed E-state index contributed by atoms with van der Waals surface area (Å²) in [5.41, 5.74) is 3.55. The van der Waals surface area contributed by atoms with E-state index in [4.69, 9.17) is 15.1 Å². The fourth-order valence-electron chi connectivity index (χ4n) is 5.38. The fourth-order valence-corrected chi connectivity index (χ4v) is 5.38. The molecule has 2 aliphatic heterocycles. The van der Waals surface area contributed by atoms with Gasteiger partial charge in [-0.05, 0) is 63.4 Å². The molecule has 0 saturated carbocycles. The lowest BCUT2D eigenvalue weighted by Gasteiger charge is -2.44. The molecule has 4 atom stereocenters. The average molecular weight is 552 g/mol. The molecule has 9 nitrogen and oxygen atoms in total. The second kappa shape index (κ2) is 13.9. The summed E-state index contributed by atoms with van der Waals surface area (Å²) in [6.07, 6.45) is 5.28. The van der Waals surface area contributed by atoms with Crippen LogP contribution in [0.5, 0.6) is 0 Å². The third-order valence-electron chi connectivity index (χ3n) is 8.23. The van der Waals surface area contributed by atoms with E-state index in [1.807, 2.05) is 88.5 Å². The Hall–Kier alpha value is -3.17. The number of hydrogen-bond donors (Lipinski definition) is 2. The van der Waals surface area contributed by atoms with Crippen molar-refractivity contribution in [2.75, 3.05) is 48.3 Å². The number of benzene rings is 1. The van der Waals surface area contributed by atoms with E-state index >= 15 is 0 Å². The van der Waals surface area contributed by atoms with Crippen LogP contribution in [0.1, 0.15) is 46.1 Å². The Morgan fingerprint density at radius 1 is 1.20 bits per heavy atom. The van der Waals surface area contributed by atoms with Crippen molar-refractivity contribution < 1.29 is 9.53 Å². The lowest BCUT2D eigenvalue weighted by molar-refractivity contribution is -0.140. The van der Waals surface area contributed by atoms with Gasteiger partial charge in [0.05, 0.1) is 17.4 Å². The van der Waals surface area contributed by atoms with E-state index in [0.717, 1.165) is 36.4 Å². The fraction of sp³-hybridized carbons (Fsp3) is 0.581. The number of likely N-dealkylation sites (N-methyl/N-ethyl adjacent to an activating group) is 5. The van der Waals surface area contributed by atoms with Crippen LogP contribution >= 0.6 is 0 Å². The Labute approximate surface area is 241 Å². The molecule has 0 saturated heterocycles. The summed E-state index contributed by atoms with van der Waals surface area (Å²) in [6.45, 7) is 10.2. The number of amides is 1. The molecule has 1 amide bonds. The van der Waals surface area contributed by atoms with Gasteiger partial charge in [0.15, 0.2) is 12.4 Å². The molecule has 1 aromatic rings. The van der Waals surface area contributed by atoms with Gasteiger partial charge in [-0.1, -0.05) is 39.0 Å².